The minimum atomic E-state index is -0.626. The van der Waals surface area contributed by atoms with Crippen LogP contribution in [0.1, 0.15) is 12.0 Å². The topological polar surface area (TPSA) is 102 Å². The fourth-order valence-corrected chi connectivity index (χ4v) is 3.23. The van der Waals surface area contributed by atoms with E-state index >= 15 is 0 Å². The molecule has 0 N–H and O–H groups in total. The van der Waals surface area contributed by atoms with Crippen molar-refractivity contribution in [3.8, 4) is 34.7 Å². The van der Waals surface area contributed by atoms with Crippen LogP contribution in [0.4, 0.5) is 9.18 Å². The Labute approximate surface area is 183 Å². The number of ether oxygens (including phenoxy) is 3. The van der Waals surface area contributed by atoms with Gasteiger partial charge in [0.25, 0.3) is 0 Å². The molecule has 9 nitrogen and oxygen atoms in total. The zero-order valence-electron chi connectivity index (χ0n) is 17.3. The molecule has 164 valence electrons. The van der Waals surface area contributed by atoms with Gasteiger partial charge in [-0.2, -0.15) is 5.26 Å². The Hall–Kier alpha value is -4.13. The van der Waals surface area contributed by atoms with Gasteiger partial charge in [-0.25, -0.2) is 9.18 Å². The zero-order chi connectivity index (χ0) is 22.5. The van der Waals surface area contributed by atoms with Crippen molar-refractivity contribution in [1.82, 2.24) is 19.7 Å². The van der Waals surface area contributed by atoms with Gasteiger partial charge in [-0.3, -0.25) is 0 Å². The van der Waals surface area contributed by atoms with Crippen LogP contribution in [0.5, 0.6) is 17.2 Å². The lowest BCUT2D eigenvalue weighted by atomic mass is 10.1. The first-order chi connectivity index (χ1) is 15.5. The van der Waals surface area contributed by atoms with Gasteiger partial charge < -0.3 is 23.7 Å². The van der Waals surface area contributed by atoms with E-state index in [1.165, 1.54) is 12.1 Å². The van der Waals surface area contributed by atoms with Crippen LogP contribution in [0.15, 0.2) is 42.7 Å². The number of cyclic esters (lactones) is 1. The summed E-state index contributed by atoms with van der Waals surface area (Å²) in [6.45, 7) is 1.81. The van der Waals surface area contributed by atoms with Gasteiger partial charge >= 0.3 is 6.09 Å². The molecule has 0 atom stereocenters. The number of hydrogen-bond donors (Lipinski definition) is 0. The number of halogens is 1. The second-order valence-electron chi connectivity index (χ2n) is 7.09. The van der Waals surface area contributed by atoms with Crippen LogP contribution in [-0.2, 0) is 11.8 Å². The summed E-state index contributed by atoms with van der Waals surface area (Å²) in [7, 11) is 1.79. The lowest BCUT2D eigenvalue weighted by molar-refractivity contribution is 0.156. The number of aryl methyl sites for hydroxylation is 1. The summed E-state index contributed by atoms with van der Waals surface area (Å²) in [6.07, 6.45) is 1.83. The lowest BCUT2D eigenvalue weighted by Crippen LogP contribution is -2.26. The Bertz CT molecular complexity index is 1170. The summed E-state index contributed by atoms with van der Waals surface area (Å²) >= 11 is 0. The average molecular weight is 437 g/mol. The molecular formula is C22H20FN5O4. The number of benzene rings is 2. The van der Waals surface area contributed by atoms with E-state index in [0.717, 1.165) is 0 Å². The van der Waals surface area contributed by atoms with E-state index in [4.69, 9.17) is 14.2 Å². The Morgan fingerprint density at radius 2 is 2.12 bits per heavy atom. The molecule has 0 aliphatic carbocycles. The Balaban J connectivity index is 1.42. The summed E-state index contributed by atoms with van der Waals surface area (Å²) < 4.78 is 32.5. The molecule has 1 aliphatic heterocycles. The van der Waals surface area contributed by atoms with Crippen molar-refractivity contribution in [2.24, 2.45) is 7.05 Å². The van der Waals surface area contributed by atoms with Gasteiger partial charge in [0.1, 0.15) is 30.5 Å². The largest absolute Gasteiger partial charge is 0.493 e. The van der Waals surface area contributed by atoms with Gasteiger partial charge in [0.15, 0.2) is 17.4 Å². The van der Waals surface area contributed by atoms with Crippen LogP contribution in [0.3, 0.4) is 0 Å². The van der Waals surface area contributed by atoms with Crippen molar-refractivity contribution in [3.05, 3.63) is 54.1 Å². The van der Waals surface area contributed by atoms with Crippen molar-refractivity contribution in [2.75, 3.05) is 26.3 Å². The minimum Gasteiger partial charge on any atom is -0.493 e. The molecule has 1 saturated heterocycles. The van der Waals surface area contributed by atoms with Crippen LogP contribution in [0.25, 0.3) is 11.4 Å². The Kier molecular flexibility index (Phi) is 6.17. The molecular weight excluding hydrogens is 417 g/mol. The number of hydrogen-bond acceptors (Lipinski definition) is 7. The van der Waals surface area contributed by atoms with Crippen LogP contribution in [0, 0.1) is 17.1 Å². The maximum atomic E-state index is 14.6. The van der Waals surface area contributed by atoms with Crippen LogP contribution >= 0.6 is 0 Å². The molecule has 32 heavy (non-hydrogen) atoms. The maximum absolute atomic E-state index is 14.6. The third-order valence-electron chi connectivity index (χ3n) is 4.88. The van der Waals surface area contributed by atoms with Gasteiger partial charge in [0, 0.05) is 25.2 Å². The second kappa shape index (κ2) is 9.34. The summed E-state index contributed by atoms with van der Waals surface area (Å²) in [5.74, 6) is 0.471. The zero-order valence-corrected chi connectivity index (χ0v) is 17.3. The SMILES string of the molecule is Cn1cnnc1-c1ccc(C#N)c(Oc2ccc(OCCCN3CCOC3=O)cc2F)c1. The summed E-state index contributed by atoms with van der Waals surface area (Å²) in [6, 6.07) is 11.2. The van der Waals surface area contributed by atoms with Gasteiger partial charge in [-0.1, -0.05) is 0 Å². The molecule has 0 saturated carbocycles. The first kappa shape index (κ1) is 21.1. The maximum Gasteiger partial charge on any atom is 0.409 e. The molecule has 1 aliphatic rings. The number of aromatic nitrogens is 3. The molecule has 1 aromatic heterocycles. The summed E-state index contributed by atoms with van der Waals surface area (Å²) in [4.78, 5) is 13.0. The standard InChI is InChI=1S/C22H20FN5O4/c1-27-14-25-26-21(27)15-3-4-16(13-24)20(11-15)32-19-6-5-17(12-18(19)23)30-9-2-7-28-8-10-31-22(28)29/h3-6,11-12,14H,2,7-10H2,1H3. The van der Waals surface area contributed by atoms with Crippen LogP contribution < -0.4 is 9.47 Å². The highest BCUT2D eigenvalue weighted by molar-refractivity contribution is 5.69. The van der Waals surface area contributed by atoms with Crippen LogP contribution in [0.2, 0.25) is 0 Å². The van der Waals surface area contributed by atoms with Gasteiger partial charge in [0.2, 0.25) is 0 Å². The highest BCUT2D eigenvalue weighted by atomic mass is 19.1. The minimum absolute atomic E-state index is 0.0382. The molecule has 1 amide bonds. The van der Waals surface area contributed by atoms with E-state index in [0.29, 0.717) is 49.9 Å². The average Bonchev–Trinajstić information content (AvgIpc) is 3.40. The summed E-state index contributed by atoms with van der Waals surface area (Å²) in [5, 5.41) is 17.3. The van der Waals surface area contributed by atoms with Crippen LogP contribution in [-0.4, -0.2) is 52.1 Å². The van der Waals surface area contributed by atoms with E-state index in [1.54, 1.807) is 47.1 Å². The molecule has 2 heterocycles. The number of nitrogens with zero attached hydrogens (tertiary/aromatic N) is 5. The summed E-state index contributed by atoms with van der Waals surface area (Å²) in [5.41, 5.74) is 0.942. The van der Waals surface area contributed by atoms with E-state index in [1.807, 2.05) is 6.07 Å². The van der Waals surface area contributed by atoms with Gasteiger partial charge in [-0.15, -0.1) is 10.2 Å². The smallest absolute Gasteiger partial charge is 0.409 e. The first-order valence-electron chi connectivity index (χ1n) is 9.95. The van der Waals surface area contributed by atoms with Gasteiger partial charge in [-0.05, 0) is 36.8 Å². The Morgan fingerprint density at radius 1 is 1.25 bits per heavy atom. The molecule has 0 spiro atoms. The third-order valence-corrected chi connectivity index (χ3v) is 4.88. The molecule has 3 aromatic rings. The molecule has 0 bridgehead atoms. The molecule has 10 heteroatoms. The number of amides is 1. The molecule has 4 rings (SSSR count). The predicted octanol–water partition coefficient (Wildman–Crippen LogP) is 3.51. The molecule has 0 unspecified atom stereocenters. The van der Waals surface area contributed by atoms with E-state index in [-0.39, 0.29) is 23.2 Å². The monoisotopic (exact) mass is 437 g/mol. The first-order valence-corrected chi connectivity index (χ1v) is 9.95. The van der Waals surface area contributed by atoms with Crippen molar-refractivity contribution in [1.29, 1.82) is 5.26 Å². The number of rotatable bonds is 8. The highest BCUT2D eigenvalue weighted by Crippen LogP contribution is 2.32. The number of carbonyl (C=O) groups excluding carboxylic acids is 1. The van der Waals surface area contributed by atoms with Gasteiger partial charge in [0.05, 0.1) is 18.7 Å². The molecule has 2 aromatic carbocycles. The van der Waals surface area contributed by atoms with E-state index in [9.17, 15) is 14.4 Å². The normalized spacial score (nSPS) is 13.0. The fraction of sp³-hybridized carbons (Fsp3) is 0.273. The van der Waals surface area contributed by atoms with E-state index < -0.39 is 5.82 Å². The van der Waals surface area contributed by atoms with Crippen molar-refractivity contribution >= 4 is 6.09 Å². The number of carbonyl (C=O) groups is 1. The predicted molar refractivity (Wildman–Crippen MR) is 111 cm³/mol. The quantitative estimate of drug-likeness (QED) is 0.497. The number of nitriles is 1. The molecule has 1 fully saturated rings. The van der Waals surface area contributed by atoms with Crippen molar-refractivity contribution < 1.29 is 23.4 Å². The van der Waals surface area contributed by atoms with Crippen molar-refractivity contribution in [3.63, 3.8) is 0 Å². The highest BCUT2D eigenvalue weighted by Gasteiger charge is 2.21. The lowest BCUT2D eigenvalue weighted by Gasteiger charge is -2.13. The van der Waals surface area contributed by atoms with E-state index in [2.05, 4.69) is 10.2 Å². The van der Waals surface area contributed by atoms with Crippen molar-refractivity contribution in [2.45, 2.75) is 6.42 Å². The fourth-order valence-electron chi connectivity index (χ4n) is 3.23. The Morgan fingerprint density at radius 3 is 2.81 bits per heavy atom. The third kappa shape index (κ3) is 4.62. The second-order valence-corrected chi connectivity index (χ2v) is 7.09. The molecule has 0 radical (unpaired) electrons.